The van der Waals surface area contributed by atoms with Crippen molar-refractivity contribution in [3.63, 3.8) is 0 Å². The Hall–Kier alpha value is -3.81. The lowest BCUT2D eigenvalue weighted by Crippen LogP contribution is -2.10. The normalized spacial score (nSPS) is 10.8. The standard InChI is InChI=1S/C22H24N4O4/c1-4-12-30-21-16(6-5-7-19(21)29-3)14-23-26-22-24-18(13-20(27)25-22)15-8-10-17(28-2)11-9-15/h5-11,13-14H,4,12H2,1-3H3,(H2,24,25,26,27)/b23-14-. The number of nitrogens with zero attached hydrogens (tertiary/aromatic N) is 2. The zero-order chi connectivity index (χ0) is 21.3. The lowest BCUT2D eigenvalue weighted by molar-refractivity contribution is 0.294. The minimum absolute atomic E-state index is 0.225. The fourth-order valence-electron chi connectivity index (χ4n) is 2.74. The zero-order valence-corrected chi connectivity index (χ0v) is 17.1. The van der Waals surface area contributed by atoms with Crippen molar-refractivity contribution >= 4 is 12.2 Å². The molecule has 0 unspecified atom stereocenters. The number of methoxy groups -OCH3 is 2. The maximum atomic E-state index is 12.0. The molecule has 0 fully saturated rings. The van der Waals surface area contributed by atoms with Crippen molar-refractivity contribution < 1.29 is 14.2 Å². The maximum absolute atomic E-state index is 12.0. The van der Waals surface area contributed by atoms with Crippen LogP contribution < -0.4 is 25.2 Å². The smallest absolute Gasteiger partial charge is 0.252 e. The number of hydrazone groups is 1. The van der Waals surface area contributed by atoms with Gasteiger partial charge < -0.3 is 14.2 Å². The molecule has 1 heterocycles. The van der Waals surface area contributed by atoms with E-state index >= 15 is 0 Å². The van der Waals surface area contributed by atoms with Crippen LogP contribution in [0.4, 0.5) is 5.95 Å². The quantitative estimate of drug-likeness (QED) is 0.414. The van der Waals surface area contributed by atoms with E-state index in [1.54, 1.807) is 20.4 Å². The topological polar surface area (TPSA) is 97.8 Å². The van der Waals surface area contributed by atoms with Gasteiger partial charge in [-0.05, 0) is 42.8 Å². The summed E-state index contributed by atoms with van der Waals surface area (Å²) in [5, 5.41) is 4.20. The number of nitrogens with one attached hydrogen (secondary N) is 2. The van der Waals surface area contributed by atoms with E-state index < -0.39 is 0 Å². The van der Waals surface area contributed by atoms with Crippen molar-refractivity contribution in [2.45, 2.75) is 13.3 Å². The summed E-state index contributed by atoms with van der Waals surface area (Å²) < 4.78 is 16.3. The van der Waals surface area contributed by atoms with Gasteiger partial charge in [-0.3, -0.25) is 9.78 Å². The highest BCUT2D eigenvalue weighted by Gasteiger charge is 2.09. The molecule has 0 aliphatic heterocycles. The predicted molar refractivity (Wildman–Crippen MR) is 117 cm³/mol. The molecule has 0 radical (unpaired) electrons. The molecule has 156 valence electrons. The van der Waals surface area contributed by atoms with Gasteiger partial charge in [0.2, 0.25) is 5.95 Å². The Morgan fingerprint density at radius 2 is 1.93 bits per heavy atom. The van der Waals surface area contributed by atoms with E-state index in [-0.39, 0.29) is 11.5 Å². The molecule has 0 bridgehead atoms. The average molecular weight is 408 g/mol. The molecule has 2 aromatic carbocycles. The van der Waals surface area contributed by atoms with E-state index in [9.17, 15) is 4.79 Å². The van der Waals surface area contributed by atoms with Crippen LogP contribution in [0.2, 0.25) is 0 Å². The first-order chi connectivity index (χ1) is 14.6. The van der Waals surface area contributed by atoms with E-state index in [0.29, 0.717) is 23.8 Å². The number of benzene rings is 2. The number of hydrogen-bond acceptors (Lipinski definition) is 7. The summed E-state index contributed by atoms with van der Waals surface area (Å²) in [6.45, 7) is 2.59. The van der Waals surface area contributed by atoms with Crippen LogP contribution in [0.25, 0.3) is 11.3 Å². The zero-order valence-electron chi connectivity index (χ0n) is 17.1. The third kappa shape index (κ3) is 5.16. The Bertz CT molecular complexity index is 1060. The summed E-state index contributed by atoms with van der Waals surface area (Å²) in [6.07, 6.45) is 2.46. The third-order valence-corrected chi connectivity index (χ3v) is 4.18. The van der Waals surface area contributed by atoms with E-state index in [0.717, 1.165) is 23.3 Å². The fraction of sp³-hybridized carbons (Fsp3) is 0.227. The Labute approximate surface area is 174 Å². The van der Waals surface area contributed by atoms with Crippen LogP contribution >= 0.6 is 0 Å². The monoisotopic (exact) mass is 408 g/mol. The second-order valence-electron chi connectivity index (χ2n) is 6.30. The summed E-state index contributed by atoms with van der Waals surface area (Å²) in [5.41, 5.74) is 4.53. The molecule has 3 rings (SSSR count). The number of ether oxygens (including phenoxy) is 3. The van der Waals surface area contributed by atoms with E-state index in [2.05, 4.69) is 20.5 Å². The van der Waals surface area contributed by atoms with Gasteiger partial charge in [0.15, 0.2) is 11.5 Å². The minimum atomic E-state index is -0.290. The average Bonchev–Trinajstić information content (AvgIpc) is 2.77. The molecule has 8 heteroatoms. The van der Waals surface area contributed by atoms with Crippen molar-refractivity contribution in [1.29, 1.82) is 0 Å². The summed E-state index contributed by atoms with van der Waals surface area (Å²) in [5.74, 6) is 2.19. The molecule has 0 atom stereocenters. The molecular formula is C22H24N4O4. The van der Waals surface area contributed by atoms with Gasteiger partial charge in [0.25, 0.3) is 5.56 Å². The van der Waals surface area contributed by atoms with Gasteiger partial charge >= 0.3 is 0 Å². The second-order valence-corrected chi connectivity index (χ2v) is 6.30. The molecule has 0 spiro atoms. The van der Waals surface area contributed by atoms with Crippen molar-refractivity contribution in [2.24, 2.45) is 5.10 Å². The van der Waals surface area contributed by atoms with Crippen molar-refractivity contribution in [3.05, 3.63) is 64.4 Å². The Morgan fingerprint density at radius 1 is 1.13 bits per heavy atom. The van der Waals surface area contributed by atoms with E-state index in [1.165, 1.54) is 6.07 Å². The highest BCUT2D eigenvalue weighted by atomic mass is 16.5. The number of rotatable bonds is 9. The van der Waals surface area contributed by atoms with Crippen LogP contribution in [0.15, 0.2) is 58.4 Å². The van der Waals surface area contributed by atoms with Crippen molar-refractivity contribution in [3.8, 4) is 28.5 Å². The van der Waals surface area contributed by atoms with Gasteiger partial charge in [0.1, 0.15) is 5.75 Å². The molecule has 2 N–H and O–H groups in total. The first kappa shape index (κ1) is 20.9. The van der Waals surface area contributed by atoms with Gasteiger partial charge in [-0.1, -0.05) is 13.0 Å². The van der Waals surface area contributed by atoms with E-state index in [4.69, 9.17) is 14.2 Å². The highest BCUT2D eigenvalue weighted by molar-refractivity contribution is 5.85. The van der Waals surface area contributed by atoms with Gasteiger partial charge in [0.05, 0.1) is 32.7 Å². The number of hydrogen-bond donors (Lipinski definition) is 2. The van der Waals surface area contributed by atoms with Gasteiger partial charge in [0, 0.05) is 17.2 Å². The number of aromatic amines is 1. The van der Waals surface area contributed by atoms with Crippen LogP contribution in [0.5, 0.6) is 17.2 Å². The molecule has 0 aliphatic carbocycles. The molecule has 0 saturated heterocycles. The Balaban J connectivity index is 1.81. The van der Waals surface area contributed by atoms with Crippen LogP contribution in [0.3, 0.4) is 0 Å². The summed E-state index contributed by atoms with van der Waals surface area (Å²) in [7, 11) is 3.19. The largest absolute Gasteiger partial charge is 0.497 e. The minimum Gasteiger partial charge on any atom is -0.497 e. The van der Waals surface area contributed by atoms with Gasteiger partial charge in [-0.15, -0.1) is 0 Å². The van der Waals surface area contributed by atoms with Crippen LogP contribution in [0, 0.1) is 0 Å². The number of para-hydroxylation sites is 1. The number of anilines is 1. The number of aromatic nitrogens is 2. The second kappa shape index (κ2) is 10.1. The van der Waals surface area contributed by atoms with Gasteiger partial charge in [-0.25, -0.2) is 10.4 Å². The Morgan fingerprint density at radius 3 is 2.63 bits per heavy atom. The van der Waals surface area contributed by atoms with Crippen LogP contribution in [-0.2, 0) is 0 Å². The summed E-state index contributed by atoms with van der Waals surface area (Å²) in [6, 6.07) is 14.3. The molecule has 8 nitrogen and oxygen atoms in total. The van der Waals surface area contributed by atoms with E-state index in [1.807, 2.05) is 49.4 Å². The summed E-state index contributed by atoms with van der Waals surface area (Å²) >= 11 is 0. The SMILES string of the molecule is CCCOc1c(/C=N\Nc2nc(-c3ccc(OC)cc3)cc(=O)[nH]2)cccc1OC. The highest BCUT2D eigenvalue weighted by Crippen LogP contribution is 2.30. The molecule has 0 aliphatic rings. The Kier molecular flexibility index (Phi) is 7.05. The lowest BCUT2D eigenvalue weighted by Gasteiger charge is -2.12. The molecule has 1 aromatic heterocycles. The van der Waals surface area contributed by atoms with Crippen molar-refractivity contribution in [1.82, 2.24) is 9.97 Å². The molecule has 0 amide bonds. The van der Waals surface area contributed by atoms with Crippen LogP contribution in [-0.4, -0.2) is 37.0 Å². The number of H-pyrrole nitrogens is 1. The first-order valence-electron chi connectivity index (χ1n) is 9.49. The maximum Gasteiger partial charge on any atom is 0.252 e. The summed E-state index contributed by atoms with van der Waals surface area (Å²) in [4.78, 5) is 19.1. The first-order valence-corrected chi connectivity index (χ1v) is 9.49. The fourth-order valence-corrected chi connectivity index (χ4v) is 2.74. The molecule has 0 saturated carbocycles. The van der Waals surface area contributed by atoms with Crippen molar-refractivity contribution in [2.75, 3.05) is 26.3 Å². The molecule has 3 aromatic rings. The molecular weight excluding hydrogens is 384 g/mol. The lowest BCUT2D eigenvalue weighted by atomic mass is 10.1. The predicted octanol–water partition coefficient (Wildman–Crippen LogP) is 3.69. The third-order valence-electron chi connectivity index (χ3n) is 4.18. The molecule has 30 heavy (non-hydrogen) atoms. The van der Waals surface area contributed by atoms with Crippen LogP contribution in [0.1, 0.15) is 18.9 Å². The van der Waals surface area contributed by atoms with Gasteiger partial charge in [-0.2, -0.15) is 5.10 Å².